The van der Waals surface area contributed by atoms with Crippen molar-refractivity contribution in [2.24, 2.45) is 5.73 Å². The fraction of sp³-hybridized carbons (Fsp3) is 0.357. The van der Waals surface area contributed by atoms with Crippen LogP contribution in [-0.2, 0) is 4.79 Å². The second kappa shape index (κ2) is 7.59. The molecule has 0 fully saturated rings. The van der Waals surface area contributed by atoms with Gasteiger partial charge in [-0.15, -0.1) is 0 Å². The maximum Gasteiger partial charge on any atom is 0.254 e. The van der Waals surface area contributed by atoms with E-state index in [9.17, 15) is 9.59 Å². The van der Waals surface area contributed by atoms with Crippen molar-refractivity contribution in [3.8, 4) is 0 Å². The molecule has 0 radical (unpaired) electrons. The largest absolute Gasteiger partial charge is 0.389 e. The van der Waals surface area contributed by atoms with E-state index in [4.69, 9.17) is 18.0 Å². The number of nitrogens with zero attached hydrogens (tertiary/aromatic N) is 1. The summed E-state index contributed by atoms with van der Waals surface area (Å²) in [4.78, 5) is 25.6. The molecule has 1 aromatic rings. The van der Waals surface area contributed by atoms with E-state index >= 15 is 0 Å². The van der Waals surface area contributed by atoms with E-state index in [2.05, 4.69) is 5.32 Å². The molecule has 20 heavy (non-hydrogen) atoms. The van der Waals surface area contributed by atoms with E-state index in [-0.39, 0.29) is 23.3 Å². The van der Waals surface area contributed by atoms with Crippen LogP contribution in [0.15, 0.2) is 24.3 Å². The summed E-state index contributed by atoms with van der Waals surface area (Å²) in [5.41, 5.74) is 6.67. The summed E-state index contributed by atoms with van der Waals surface area (Å²) >= 11 is 4.90. The topological polar surface area (TPSA) is 75.4 Å². The first kappa shape index (κ1) is 16.1. The van der Waals surface area contributed by atoms with Crippen molar-refractivity contribution in [1.29, 1.82) is 0 Å². The smallest absolute Gasteiger partial charge is 0.254 e. The molecule has 0 aliphatic rings. The molecule has 6 heteroatoms. The van der Waals surface area contributed by atoms with Gasteiger partial charge in [-0.2, -0.15) is 0 Å². The Labute approximate surface area is 124 Å². The molecule has 5 nitrogen and oxygen atoms in total. The molecule has 0 unspecified atom stereocenters. The molecule has 1 aromatic carbocycles. The molecule has 108 valence electrons. The molecule has 0 aromatic heterocycles. The van der Waals surface area contributed by atoms with Gasteiger partial charge < -0.3 is 16.0 Å². The normalized spacial score (nSPS) is 9.90. The summed E-state index contributed by atoms with van der Waals surface area (Å²) in [5.74, 6) is -0.384. The second-order valence-corrected chi connectivity index (χ2v) is 4.66. The van der Waals surface area contributed by atoms with E-state index < -0.39 is 0 Å². The van der Waals surface area contributed by atoms with Crippen LogP contribution in [-0.4, -0.2) is 41.3 Å². The van der Waals surface area contributed by atoms with E-state index in [1.807, 2.05) is 13.8 Å². The van der Waals surface area contributed by atoms with Crippen molar-refractivity contribution < 1.29 is 9.59 Å². The maximum atomic E-state index is 12.4. The Morgan fingerprint density at radius 1 is 1.30 bits per heavy atom. The minimum Gasteiger partial charge on any atom is -0.389 e. The highest BCUT2D eigenvalue weighted by Crippen LogP contribution is 2.08. The number of carbonyl (C=O) groups is 2. The van der Waals surface area contributed by atoms with E-state index in [1.165, 1.54) is 4.90 Å². The predicted molar refractivity (Wildman–Crippen MR) is 82.6 cm³/mol. The zero-order valence-corrected chi connectivity index (χ0v) is 12.5. The number of rotatable bonds is 6. The molecular formula is C14H19N3O2S. The lowest BCUT2D eigenvalue weighted by Crippen LogP contribution is -2.40. The zero-order valence-electron chi connectivity index (χ0n) is 11.7. The number of hydrogen-bond acceptors (Lipinski definition) is 3. The lowest BCUT2D eigenvalue weighted by molar-refractivity contribution is -0.121. The van der Waals surface area contributed by atoms with Crippen molar-refractivity contribution in [2.75, 3.05) is 19.6 Å². The number of carbonyl (C=O) groups excluding carboxylic acids is 2. The third-order valence-electron chi connectivity index (χ3n) is 2.77. The Morgan fingerprint density at radius 3 is 2.50 bits per heavy atom. The summed E-state index contributed by atoms with van der Waals surface area (Å²) < 4.78 is 0. The molecule has 3 N–H and O–H groups in total. The van der Waals surface area contributed by atoms with Crippen LogP contribution < -0.4 is 11.1 Å². The van der Waals surface area contributed by atoms with Gasteiger partial charge in [-0.1, -0.05) is 24.4 Å². The summed E-state index contributed by atoms with van der Waals surface area (Å²) in [5, 5.41) is 2.67. The first-order chi connectivity index (χ1) is 9.49. The number of thiocarbonyl (C=S) groups is 1. The second-order valence-electron chi connectivity index (χ2n) is 4.22. The van der Waals surface area contributed by atoms with Gasteiger partial charge in [-0.25, -0.2) is 0 Å². The molecule has 0 saturated heterocycles. The number of nitrogens with two attached hydrogens (primary N) is 1. The Bertz CT molecular complexity index is 517. The summed E-state index contributed by atoms with van der Waals surface area (Å²) in [6.45, 7) is 4.70. The van der Waals surface area contributed by atoms with E-state index in [0.29, 0.717) is 24.2 Å². The summed E-state index contributed by atoms with van der Waals surface area (Å²) in [6, 6.07) is 6.80. The molecule has 0 heterocycles. The van der Waals surface area contributed by atoms with Crippen molar-refractivity contribution in [3.05, 3.63) is 35.4 Å². The first-order valence-electron chi connectivity index (χ1n) is 6.45. The Morgan fingerprint density at radius 2 is 1.95 bits per heavy atom. The van der Waals surface area contributed by atoms with Crippen LogP contribution in [0.3, 0.4) is 0 Å². The molecule has 1 rings (SSSR count). The Balaban J connectivity index is 2.88. The van der Waals surface area contributed by atoms with Crippen LogP contribution in [0, 0.1) is 0 Å². The quantitative estimate of drug-likeness (QED) is 0.765. The zero-order chi connectivity index (χ0) is 15.1. The van der Waals surface area contributed by atoms with Crippen LogP contribution in [0.4, 0.5) is 0 Å². The average molecular weight is 293 g/mol. The molecule has 0 spiro atoms. The predicted octanol–water partition coefficient (Wildman–Crippen LogP) is 0.919. The van der Waals surface area contributed by atoms with Crippen LogP contribution in [0.5, 0.6) is 0 Å². The van der Waals surface area contributed by atoms with Crippen LogP contribution in [0.1, 0.15) is 29.8 Å². The standard InChI is InChI=1S/C14H19N3O2S/c1-3-16-12(18)9-17(4-2)14(19)11-7-5-6-10(8-11)13(15)20/h5-8H,3-4,9H2,1-2H3,(H2,15,20)(H,16,18). The molecule has 0 bridgehead atoms. The SMILES string of the molecule is CCNC(=O)CN(CC)C(=O)c1cccc(C(N)=S)c1. The number of likely N-dealkylation sites (N-methyl/N-ethyl adjacent to an activating group) is 2. The highest BCUT2D eigenvalue weighted by atomic mass is 32.1. The molecule has 2 amide bonds. The van der Waals surface area contributed by atoms with Crippen molar-refractivity contribution in [3.63, 3.8) is 0 Å². The van der Waals surface area contributed by atoms with Gasteiger partial charge in [0.15, 0.2) is 0 Å². The Hall–Kier alpha value is -1.95. The highest BCUT2D eigenvalue weighted by Gasteiger charge is 2.17. The van der Waals surface area contributed by atoms with Crippen LogP contribution in [0.2, 0.25) is 0 Å². The molecular weight excluding hydrogens is 274 g/mol. The number of amides is 2. The van der Waals surface area contributed by atoms with Gasteiger partial charge in [0, 0.05) is 24.2 Å². The van der Waals surface area contributed by atoms with Crippen LogP contribution in [0.25, 0.3) is 0 Å². The molecule has 0 saturated carbocycles. The van der Waals surface area contributed by atoms with Crippen molar-refractivity contribution in [1.82, 2.24) is 10.2 Å². The average Bonchev–Trinajstić information content (AvgIpc) is 2.44. The number of hydrogen-bond donors (Lipinski definition) is 2. The van der Waals surface area contributed by atoms with Gasteiger partial charge in [0.05, 0.1) is 6.54 Å². The fourth-order valence-corrected chi connectivity index (χ4v) is 1.87. The summed E-state index contributed by atoms with van der Waals surface area (Å²) in [6.07, 6.45) is 0. The third-order valence-corrected chi connectivity index (χ3v) is 3.01. The molecule has 0 aliphatic carbocycles. The first-order valence-corrected chi connectivity index (χ1v) is 6.86. The van der Waals surface area contributed by atoms with Gasteiger partial charge in [-0.05, 0) is 26.0 Å². The van der Waals surface area contributed by atoms with Gasteiger partial charge in [0.25, 0.3) is 5.91 Å². The minimum absolute atomic E-state index is 0.0421. The fourth-order valence-electron chi connectivity index (χ4n) is 1.74. The monoisotopic (exact) mass is 293 g/mol. The number of nitrogens with one attached hydrogen (secondary N) is 1. The van der Waals surface area contributed by atoms with Gasteiger partial charge in [-0.3, -0.25) is 9.59 Å². The van der Waals surface area contributed by atoms with Crippen molar-refractivity contribution >= 4 is 29.0 Å². The Kier molecular flexibility index (Phi) is 6.11. The maximum absolute atomic E-state index is 12.4. The lowest BCUT2D eigenvalue weighted by atomic mass is 10.1. The van der Waals surface area contributed by atoms with Gasteiger partial charge in [0.2, 0.25) is 5.91 Å². The highest BCUT2D eigenvalue weighted by molar-refractivity contribution is 7.80. The van der Waals surface area contributed by atoms with Gasteiger partial charge in [0.1, 0.15) is 4.99 Å². The molecule has 0 aliphatic heterocycles. The third kappa shape index (κ3) is 4.31. The van der Waals surface area contributed by atoms with Crippen molar-refractivity contribution in [2.45, 2.75) is 13.8 Å². The van der Waals surface area contributed by atoms with E-state index in [0.717, 1.165) is 0 Å². The van der Waals surface area contributed by atoms with Crippen LogP contribution >= 0.6 is 12.2 Å². The van der Waals surface area contributed by atoms with Gasteiger partial charge >= 0.3 is 0 Å². The van der Waals surface area contributed by atoms with E-state index in [1.54, 1.807) is 24.3 Å². The molecule has 0 atom stereocenters. The minimum atomic E-state index is -0.211. The summed E-state index contributed by atoms with van der Waals surface area (Å²) in [7, 11) is 0. The lowest BCUT2D eigenvalue weighted by Gasteiger charge is -2.20. The number of benzene rings is 1.